The number of methoxy groups -OCH3 is 1. The quantitative estimate of drug-likeness (QED) is 0.743. The minimum absolute atomic E-state index is 0.174. The third-order valence-electron chi connectivity index (χ3n) is 3.88. The van der Waals surface area contributed by atoms with Crippen LogP contribution in [-0.2, 0) is 6.54 Å². The molecule has 0 saturated carbocycles. The van der Waals surface area contributed by atoms with Gasteiger partial charge in [-0.1, -0.05) is 6.07 Å². The maximum Gasteiger partial charge on any atom is 0.336 e. The van der Waals surface area contributed by atoms with E-state index in [1.54, 1.807) is 13.2 Å². The van der Waals surface area contributed by atoms with Crippen LogP contribution in [0, 0.1) is 0 Å². The molecule has 4 rings (SSSR count). The van der Waals surface area contributed by atoms with E-state index in [2.05, 4.69) is 5.32 Å². The minimum Gasteiger partial charge on any atom is -0.497 e. The summed E-state index contributed by atoms with van der Waals surface area (Å²) in [5.74, 6) is 2.00. The summed E-state index contributed by atoms with van der Waals surface area (Å²) in [5, 5.41) is 4.10. The van der Waals surface area contributed by atoms with Crippen LogP contribution in [0.15, 0.2) is 51.7 Å². The summed E-state index contributed by atoms with van der Waals surface area (Å²) in [7, 11) is 1.62. The SMILES string of the molecule is COc1cccc(NCc2cc(=O)oc3cc4c(cc23)OCO4)c1. The Kier molecular flexibility index (Phi) is 3.49. The van der Waals surface area contributed by atoms with Gasteiger partial charge in [-0.3, -0.25) is 0 Å². The van der Waals surface area contributed by atoms with E-state index in [1.165, 1.54) is 6.07 Å². The lowest BCUT2D eigenvalue weighted by Crippen LogP contribution is -2.06. The Balaban J connectivity index is 1.69. The molecular formula is C18H15NO5. The van der Waals surface area contributed by atoms with Gasteiger partial charge >= 0.3 is 5.63 Å². The summed E-state index contributed by atoms with van der Waals surface area (Å²) in [6.45, 7) is 0.641. The third-order valence-corrected chi connectivity index (χ3v) is 3.88. The Morgan fingerprint density at radius 1 is 1.12 bits per heavy atom. The summed E-state index contributed by atoms with van der Waals surface area (Å²) in [4.78, 5) is 11.8. The average Bonchev–Trinajstić information content (AvgIpc) is 3.05. The van der Waals surface area contributed by atoms with Crippen LogP contribution in [0.1, 0.15) is 5.56 Å². The van der Waals surface area contributed by atoms with Crippen molar-refractivity contribution in [2.75, 3.05) is 19.2 Å². The Hall–Kier alpha value is -3.15. The van der Waals surface area contributed by atoms with Gasteiger partial charge < -0.3 is 23.9 Å². The molecule has 0 spiro atoms. The van der Waals surface area contributed by atoms with Crippen LogP contribution >= 0.6 is 0 Å². The van der Waals surface area contributed by atoms with E-state index in [1.807, 2.05) is 30.3 Å². The second-order valence-corrected chi connectivity index (χ2v) is 5.38. The molecule has 2 aromatic carbocycles. The molecule has 1 aliphatic heterocycles. The molecule has 0 fully saturated rings. The van der Waals surface area contributed by atoms with Crippen LogP contribution in [0.25, 0.3) is 11.0 Å². The molecule has 0 amide bonds. The lowest BCUT2D eigenvalue weighted by atomic mass is 10.1. The zero-order valence-corrected chi connectivity index (χ0v) is 13.0. The second kappa shape index (κ2) is 5.81. The molecule has 122 valence electrons. The Morgan fingerprint density at radius 3 is 2.79 bits per heavy atom. The molecule has 3 aromatic rings. The lowest BCUT2D eigenvalue weighted by molar-refractivity contribution is 0.174. The molecule has 0 radical (unpaired) electrons. The first-order chi connectivity index (χ1) is 11.7. The zero-order valence-electron chi connectivity index (χ0n) is 13.0. The topological polar surface area (TPSA) is 69.9 Å². The maximum atomic E-state index is 11.8. The number of ether oxygens (including phenoxy) is 3. The van der Waals surface area contributed by atoms with Gasteiger partial charge in [0, 0.05) is 35.8 Å². The molecular weight excluding hydrogens is 310 g/mol. The molecule has 1 N–H and O–H groups in total. The second-order valence-electron chi connectivity index (χ2n) is 5.38. The van der Waals surface area contributed by atoms with Gasteiger partial charge in [-0.05, 0) is 23.8 Å². The molecule has 6 heteroatoms. The first-order valence-corrected chi connectivity index (χ1v) is 7.47. The molecule has 0 aliphatic carbocycles. The van der Waals surface area contributed by atoms with Crippen LogP contribution < -0.4 is 25.2 Å². The van der Waals surface area contributed by atoms with E-state index >= 15 is 0 Å². The fourth-order valence-electron chi connectivity index (χ4n) is 2.69. The van der Waals surface area contributed by atoms with Gasteiger partial charge in [0.2, 0.25) is 6.79 Å². The number of benzene rings is 2. The standard InChI is InChI=1S/C18H15NO5/c1-21-13-4-2-3-12(6-13)19-9-11-5-18(20)24-15-8-17-16(7-14(11)15)22-10-23-17/h2-8,19H,9-10H2,1H3. The van der Waals surface area contributed by atoms with Crippen molar-refractivity contribution in [3.05, 3.63) is 58.4 Å². The van der Waals surface area contributed by atoms with E-state index in [4.69, 9.17) is 18.6 Å². The van der Waals surface area contributed by atoms with Gasteiger partial charge in [0.05, 0.1) is 7.11 Å². The van der Waals surface area contributed by atoms with Crippen LogP contribution in [0.2, 0.25) is 0 Å². The highest BCUT2D eigenvalue weighted by Crippen LogP contribution is 2.36. The Morgan fingerprint density at radius 2 is 1.96 bits per heavy atom. The molecule has 0 bridgehead atoms. The van der Waals surface area contributed by atoms with Crippen LogP contribution in [0.5, 0.6) is 17.2 Å². The van der Waals surface area contributed by atoms with Crippen molar-refractivity contribution < 1.29 is 18.6 Å². The maximum absolute atomic E-state index is 11.8. The van der Waals surface area contributed by atoms with Crippen molar-refractivity contribution in [3.63, 3.8) is 0 Å². The summed E-state index contributed by atoms with van der Waals surface area (Å²) >= 11 is 0. The van der Waals surface area contributed by atoms with Gasteiger partial charge in [0.25, 0.3) is 0 Å². The number of rotatable bonds is 4. The highest BCUT2D eigenvalue weighted by Gasteiger charge is 2.17. The van der Waals surface area contributed by atoms with Crippen molar-refractivity contribution in [1.82, 2.24) is 0 Å². The van der Waals surface area contributed by atoms with E-state index in [0.717, 1.165) is 22.4 Å². The van der Waals surface area contributed by atoms with E-state index in [9.17, 15) is 4.79 Å². The van der Waals surface area contributed by atoms with Gasteiger partial charge in [-0.2, -0.15) is 0 Å². The molecule has 1 aliphatic rings. The van der Waals surface area contributed by atoms with Crippen molar-refractivity contribution in [1.29, 1.82) is 0 Å². The minimum atomic E-state index is -0.399. The predicted molar refractivity (Wildman–Crippen MR) is 88.9 cm³/mol. The van der Waals surface area contributed by atoms with E-state index < -0.39 is 5.63 Å². The van der Waals surface area contributed by atoms with Gasteiger partial charge in [0.1, 0.15) is 11.3 Å². The largest absolute Gasteiger partial charge is 0.497 e. The van der Waals surface area contributed by atoms with E-state index in [0.29, 0.717) is 23.6 Å². The fraction of sp³-hybridized carbons (Fsp3) is 0.167. The first kappa shape index (κ1) is 14.4. The van der Waals surface area contributed by atoms with Gasteiger partial charge in [0.15, 0.2) is 11.5 Å². The molecule has 2 heterocycles. The van der Waals surface area contributed by atoms with Crippen LogP contribution in [-0.4, -0.2) is 13.9 Å². The normalized spacial score (nSPS) is 12.4. The number of fused-ring (bicyclic) bond motifs is 2. The van der Waals surface area contributed by atoms with Gasteiger partial charge in [-0.15, -0.1) is 0 Å². The number of hydrogen-bond donors (Lipinski definition) is 1. The van der Waals surface area contributed by atoms with Crippen molar-refractivity contribution in [3.8, 4) is 17.2 Å². The number of anilines is 1. The summed E-state index contributed by atoms with van der Waals surface area (Å²) in [6, 6.07) is 12.6. The van der Waals surface area contributed by atoms with Crippen molar-refractivity contribution >= 4 is 16.7 Å². The van der Waals surface area contributed by atoms with Gasteiger partial charge in [-0.25, -0.2) is 4.79 Å². The summed E-state index contributed by atoms with van der Waals surface area (Å²) in [5.41, 5.74) is 1.80. The Bertz CT molecular complexity index is 963. The highest BCUT2D eigenvalue weighted by atomic mass is 16.7. The molecule has 0 saturated heterocycles. The number of hydrogen-bond acceptors (Lipinski definition) is 6. The molecule has 0 unspecified atom stereocenters. The monoisotopic (exact) mass is 325 g/mol. The lowest BCUT2D eigenvalue weighted by Gasteiger charge is -2.10. The van der Waals surface area contributed by atoms with Crippen LogP contribution in [0.4, 0.5) is 5.69 Å². The van der Waals surface area contributed by atoms with Crippen LogP contribution in [0.3, 0.4) is 0 Å². The molecule has 6 nitrogen and oxygen atoms in total. The fourth-order valence-corrected chi connectivity index (χ4v) is 2.69. The smallest absolute Gasteiger partial charge is 0.336 e. The van der Waals surface area contributed by atoms with Crippen molar-refractivity contribution in [2.24, 2.45) is 0 Å². The van der Waals surface area contributed by atoms with Crippen molar-refractivity contribution in [2.45, 2.75) is 6.54 Å². The predicted octanol–water partition coefficient (Wildman–Crippen LogP) is 3.14. The first-order valence-electron chi connectivity index (χ1n) is 7.47. The third kappa shape index (κ3) is 2.62. The summed E-state index contributed by atoms with van der Waals surface area (Å²) < 4.78 is 21.2. The molecule has 0 atom stereocenters. The zero-order chi connectivity index (χ0) is 16.5. The summed E-state index contributed by atoms with van der Waals surface area (Å²) in [6.07, 6.45) is 0. The van der Waals surface area contributed by atoms with E-state index in [-0.39, 0.29) is 6.79 Å². The average molecular weight is 325 g/mol. The highest BCUT2D eigenvalue weighted by molar-refractivity contribution is 5.84. The number of nitrogens with one attached hydrogen (secondary N) is 1. The molecule has 1 aromatic heterocycles. The Labute approximate surface area is 137 Å². The molecule has 24 heavy (non-hydrogen) atoms.